The molecule has 0 aromatic heterocycles. The fraction of sp³-hybridized carbons (Fsp3) is 0.818. The summed E-state index contributed by atoms with van der Waals surface area (Å²) in [6, 6.07) is 0.605. The highest BCUT2D eigenvalue weighted by molar-refractivity contribution is 4.91. The van der Waals surface area contributed by atoms with Crippen molar-refractivity contribution >= 4 is 0 Å². The van der Waals surface area contributed by atoms with Gasteiger partial charge in [0.15, 0.2) is 0 Å². The quantitative estimate of drug-likeness (QED) is 0.674. The first-order chi connectivity index (χ1) is 6.07. The molecule has 2 nitrogen and oxygen atoms in total. The summed E-state index contributed by atoms with van der Waals surface area (Å²) in [5, 5.41) is 10.1. The molecule has 13 heavy (non-hydrogen) atoms. The lowest BCUT2D eigenvalue weighted by Gasteiger charge is -2.39. The summed E-state index contributed by atoms with van der Waals surface area (Å²) < 4.78 is 0. The number of nitrogens with zero attached hydrogens (tertiary/aromatic N) is 1. The zero-order valence-electron chi connectivity index (χ0n) is 8.79. The van der Waals surface area contributed by atoms with Crippen LogP contribution in [0.4, 0.5) is 0 Å². The van der Waals surface area contributed by atoms with Crippen molar-refractivity contribution < 1.29 is 5.11 Å². The second-order valence-corrected chi connectivity index (χ2v) is 4.35. The van der Waals surface area contributed by atoms with Crippen LogP contribution in [-0.4, -0.2) is 34.7 Å². The van der Waals surface area contributed by atoms with E-state index in [1.165, 1.54) is 0 Å². The number of hydrogen-bond donors (Lipinski definition) is 1. The average Bonchev–Trinajstić information content (AvgIpc) is 2.05. The van der Waals surface area contributed by atoms with E-state index in [9.17, 15) is 5.11 Å². The highest BCUT2D eigenvalue weighted by atomic mass is 16.3. The molecule has 0 aromatic carbocycles. The van der Waals surface area contributed by atoms with Gasteiger partial charge >= 0.3 is 0 Å². The monoisotopic (exact) mass is 183 g/mol. The van der Waals surface area contributed by atoms with Crippen molar-refractivity contribution in [3.63, 3.8) is 0 Å². The normalized spacial score (nSPS) is 23.4. The Labute approximate surface area is 81.2 Å². The van der Waals surface area contributed by atoms with Crippen LogP contribution in [0.2, 0.25) is 0 Å². The molecule has 1 aliphatic rings. The van der Waals surface area contributed by atoms with Crippen LogP contribution in [-0.2, 0) is 0 Å². The molecule has 1 saturated heterocycles. The van der Waals surface area contributed by atoms with E-state index in [0.717, 1.165) is 32.4 Å². The van der Waals surface area contributed by atoms with Gasteiger partial charge in [0.05, 0.1) is 5.60 Å². The van der Waals surface area contributed by atoms with Gasteiger partial charge in [-0.2, -0.15) is 0 Å². The van der Waals surface area contributed by atoms with E-state index in [0.29, 0.717) is 6.04 Å². The molecule has 0 amide bonds. The molecule has 0 aromatic rings. The number of aliphatic hydroxyl groups is 1. The first-order valence-corrected chi connectivity index (χ1v) is 5.15. The van der Waals surface area contributed by atoms with Crippen LogP contribution in [0.15, 0.2) is 12.7 Å². The van der Waals surface area contributed by atoms with Gasteiger partial charge in [0.2, 0.25) is 0 Å². The zero-order chi connectivity index (χ0) is 9.90. The third-order valence-corrected chi connectivity index (χ3v) is 2.98. The lowest BCUT2D eigenvalue weighted by Crippen LogP contribution is -2.46. The van der Waals surface area contributed by atoms with Gasteiger partial charge in [0, 0.05) is 19.1 Å². The highest BCUT2D eigenvalue weighted by Gasteiger charge is 2.31. The molecule has 1 heterocycles. The fourth-order valence-corrected chi connectivity index (χ4v) is 1.93. The van der Waals surface area contributed by atoms with E-state index in [-0.39, 0.29) is 0 Å². The Morgan fingerprint density at radius 2 is 2.00 bits per heavy atom. The van der Waals surface area contributed by atoms with Crippen molar-refractivity contribution in [1.82, 2.24) is 4.90 Å². The van der Waals surface area contributed by atoms with Gasteiger partial charge in [-0.3, -0.25) is 0 Å². The molecule has 0 atom stereocenters. The standard InChI is InChI=1S/C11H21NO/c1-4-5-11(13)6-8-12(9-7-11)10(2)3/h4,10,13H,1,5-9H2,2-3H3. The molecule has 1 fully saturated rings. The van der Waals surface area contributed by atoms with E-state index in [4.69, 9.17) is 0 Å². The van der Waals surface area contributed by atoms with Crippen molar-refractivity contribution in [3.8, 4) is 0 Å². The smallest absolute Gasteiger partial charge is 0.0706 e. The third kappa shape index (κ3) is 2.82. The van der Waals surface area contributed by atoms with Crippen LogP contribution in [0.3, 0.4) is 0 Å². The van der Waals surface area contributed by atoms with Crippen molar-refractivity contribution in [2.45, 2.75) is 44.8 Å². The SMILES string of the molecule is C=CCC1(O)CCN(C(C)C)CC1. The number of likely N-dealkylation sites (tertiary alicyclic amines) is 1. The van der Waals surface area contributed by atoms with E-state index in [2.05, 4.69) is 25.3 Å². The molecule has 0 saturated carbocycles. The van der Waals surface area contributed by atoms with Crippen molar-refractivity contribution in [1.29, 1.82) is 0 Å². The van der Waals surface area contributed by atoms with Gasteiger partial charge in [0.25, 0.3) is 0 Å². The summed E-state index contributed by atoms with van der Waals surface area (Å²) >= 11 is 0. The maximum Gasteiger partial charge on any atom is 0.0706 e. The van der Waals surface area contributed by atoms with E-state index >= 15 is 0 Å². The summed E-state index contributed by atoms with van der Waals surface area (Å²) in [5.74, 6) is 0. The lowest BCUT2D eigenvalue weighted by molar-refractivity contribution is -0.0251. The molecule has 2 heteroatoms. The average molecular weight is 183 g/mol. The molecular formula is C11H21NO. The van der Waals surface area contributed by atoms with Gasteiger partial charge in [-0.25, -0.2) is 0 Å². The Morgan fingerprint density at radius 1 is 1.46 bits per heavy atom. The predicted octanol–water partition coefficient (Wildman–Crippen LogP) is 1.80. The topological polar surface area (TPSA) is 23.5 Å². The molecule has 0 unspecified atom stereocenters. The molecular weight excluding hydrogens is 162 g/mol. The molecule has 0 aliphatic carbocycles. The van der Waals surface area contributed by atoms with Crippen molar-refractivity contribution in [2.75, 3.05) is 13.1 Å². The van der Waals surface area contributed by atoms with E-state index in [1.807, 2.05) is 6.08 Å². The van der Waals surface area contributed by atoms with Crippen molar-refractivity contribution in [3.05, 3.63) is 12.7 Å². The minimum atomic E-state index is -0.465. The Kier molecular flexibility index (Phi) is 3.51. The summed E-state index contributed by atoms with van der Waals surface area (Å²) in [6.07, 6.45) is 4.33. The number of rotatable bonds is 3. The second kappa shape index (κ2) is 4.25. The molecule has 0 bridgehead atoms. The summed E-state index contributed by atoms with van der Waals surface area (Å²) in [5.41, 5.74) is -0.465. The predicted molar refractivity (Wildman–Crippen MR) is 55.7 cm³/mol. The molecule has 1 aliphatic heterocycles. The number of hydrogen-bond acceptors (Lipinski definition) is 2. The summed E-state index contributed by atoms with van der Waals surface area (Å²) in [7, 11) is 0. The minimum absolute atomic E-state index is 0.465. The Hall–Kier alpha value is -0.340. The van der Waals surface area contributed by atoms with Gasteiger partial charge < -0.3 is 10.0 Å². The molecule has 0 spiro atoms. The van der Waals surface area contributed by atoms with Crippen LogP contribution >= 0.6 is 0 Å². The van der Waals surface area contributed by atoms with Crippen LogP contribution in [0.5, 0.6) is 0 Å². The van der Waals surface area contributed by atoms with E-state index in [1.54, 1.807) is 0 Å². The first kappa shape index (κ1) is 10.7. The zero-order valence-corrected chi connectivity index (χ0v) is 8.79. The Morgan fingerprint density at radius 3 is 2.38 bits per heavy atom. The maximum atomic E-state index is 10.1. The fourth-order valence-electron chi connectivity index (χ4n) is 1.93. The maximum absolute atomic E-state index is 10.1. The van der Waals surface area contributed by atoms with Crippen LogP contribution < -0.4 is 0 Å². The van der Waals surface area contributed by atoms with Gasteiger partial charge in [-0.1, -0.05) is 6.08 Å². The highest BCUT2D eigenvalue weighted by Crippen LogP contribution is 2.26. The van der Waals surface area contributed by atoms with E-state index < -0.39 is 5.60 Å². The minimum Gasteiger partial charge on any atom is -0.389 e. The lowest BCUT2D eigenvalue weighted by atomic mass is 9.88. The molecule has 1 rings (SSSR count). The third-order valence-electron chi connectivity index (χ3n) is 2.98. The van der Waals surface area contributed by atoms with Crippen LogP contribution in [0, 0.1) is 0 Å². The molecule has 1 N–H and O–H groups in total. The first-order valence-electron chi connectivity index (χ1n) is 5.15. The van der Waals surface area contributed by atoms with Crippen LogP contribution in [0.1, 0.15) is 33.1 Å². The Bertz CT molecular complexity index is 169. The van der Waals surface area contributed by atoms with Gasteiger partial charge in [-0.05, 0) is 33.1 Å². The summed E-state index contributed by atoms with van der Waals surface area (Å²) in [4.78, 5) is 2.41. The van der Waals surface area contributed by atoms with Crippen molar-refractivity contribution in [2.24, 2.45) is 0 Å². The molecule has 0 radical (unpaired) electrons. The van der Waals surface area contributed by atoms with Gasteiger partial charge in [0.1, 0.15) is 0 Å². The largest absolute Gasteiger partial charge is 0.389 e. The van der Waals surface area contributed by atoms with Gasteiger partial charge in [-0.15, -0.1) is 6.58 Å². The second-order valence-electron chi connectivity index (χ2n) is 4.35. The molecule has 76 valence electrons. The Balaban J connectivity index is 2.41. The number of piperidine rings is 1. The summed E-state index contributed by atoms with van der Waals surface area (Å²) in [6.45, 7) is 10.1. The van der Waals surface area contributed by atoms with Crippen LogP contribution in [0.25, 0.3) is 0 Å².